The van der Waals surface area contributed by atoms with Gasteiger partial charge in [0, 0.05) is 62.8 Å². The van der Waals surface area contributed by atoms with E-state index in [0.29, 0.717) is 12.6 Å². The van der Waals surface area contributed by atoms with E-state index < -0.39 is 0 Å². The van der Waals surface area contributed by atoms with E-state index in [9.17, 15) is 9.59 Å². The summed E-state index contributed by atoms with van der Waals surface area (Å²) in [6.45, 7) is 16.5. The van der Waals surface area contributed by atoms with E-state index in [1.54, 1.807) is 6.92 Å². The number of carbonyl (C=O) groups is 2. The molecule has 0 aromatic rings. The van der Waals surface area contributed by atoms with Crippen LogP contribution in [0.1, 0.15) is 73.6 Å². The molecule has 0 aliphatic carbocycles. The standard InChI is InChI=1S/C22H43N5O2/c1-17(28)26-13-7-9-18(26)16-25-22(5,6)11-12-23-20(29)27-14-8-10-19(27)15-24-21(2,3)4/h18-19,24-25H,7-16H2,1-6H3,(H,23,29)/t18-,19?/m0/s1. The lowest BCUT2D eigenvalue weighted by molar-refractivity contribution is -0.129. The van der Waals surface area contributed by atoms with Gasteiger partial charge in [0.2, 0.25) is 5.91 Å². The fraction of sp³-hybridized carbons (Fsp3) is 0.909. The van der Waals surface area contributed by atoms with Gasteiger partial charge < -0.3 is 25.8 Å². The number of likely N-dealkylation sites (tertiary alicyclic amines) is 2. The van der Waals surface area contributed by atoms with Crippen LogP contribution in [0.15, 0.2) is 0 Å². The summed E-state index contributed by atoms with van der Waals surface area (Å²) in [5.41, 5.74) is -0.0196. The Hall–Kier alpha value is -1.34. The van der Waals surface area contributed by atoms with Crippen LogP contribution in [0.25, 0.3) is 0 Å². The van der Waals surface area contributed by atoms with Gasteiger partial charge in [-0.25, -0.2) is 4.79 Å². The second-order valence-corrected chi connectivity index (χ2v) is 10.4. The summed E-state index contributed by atoms with van der Waals surface area (Å²) in [7, 11) is 0. The van der Waals surface area contributed by atoms with Crippen molar-refractivity contribution < 1.29 is 9.59 Å². The molecule has 7 heteroatoms. The van der Waals surface area contributed by atoms with Gasteiger partial charge in [0.25, 0.3) is 0 Å². The zero-order valence-corrected chi connectivity index (χ0v) is 19.4. The average molecular weight is 410 g/mol. The maximum absolute atomic E-state index is 12.7. The molecule has 2 aliphatic heterocycles. The lowest BCUT2D eigenvalue weighted by atomic mass is 10.00. The number of nitrogens with one attached hydrogen (secondary N) is 3. The molecule has 7 nitrogen and oxygen atoms in total. The number of rotatable bonds is 8. The molecule has 0 aromatic carbocycles. The number of urea groups is 1. The van der Waals surface area contributed by atoms with E-state index in [1.807, 2.05) is 9.80 Å². The smallest absolute Gasteiger partial charge is 0.317 e. The number of nitrogens with zero attached hydrogens (tertiary/aromatic N) is 2. The van der Waals surface area contributed by atoms with Crippen LogP contribution in [0.4, 0.5) is 4.79 Å². The molecule has 2 fully saturated rings. The molecule has 29 heavy (non-hydrogen) atoms. The van der Waals surface area contributed by atoms with Gasteiger partial charge in [-0.1, -0.05) is 0 Å². The quantitative estimate of drug-likeness (QED) is 0.575. The van der Waals surface area contributed by atoms with E-state index in [0.717, 1.165) is 58.3 Å². The van der Waals surface area contributed by atoms with Crippen molar-refractivity contribution in [2.75, 3.05) is 32.7 Å². The van der Waals surface area contributed by atoms with Crippen LogP contribution in [-0.2, 0) is 4.79 Å². The molecule has 2 heterocycles. The maximum atomic E-state index is 12.7. The third-order valence-electron chi connectivity index (χ3n) is 6.13. The van der Waals surface area contributed by atoms with Crippen molar-refractivity contribution >= 4 is 11.9 Å². The summed E-state index contributed by atoms with van der Waals surface area (Å²) in [6.07, 6.45) is 5.15. The first-order valence-electron chi connectivity index (χ1n) is 11.3. The highest BCUT2D eigenvalue weighted by Crippen LogP contribution is 2.19. The van der Waals surface area contributed by atoms with Gasteiger partial charge in [-0.2, -0.15) is 0 Å². The van der Waals surface area contributed by atoms with E-state index in [-0.39, 0.29) is 29.1 Å². The van der Waals surface area contributed by atoms with E-state index in [4.69, 9.17) is 0 Å². The molecule has 2 saturated heterocycles. The van der Waals surface area contributed by atoms with Gasteiger partial charge in [0.1, 0.15) is 0 Å². The van der Waals surface area contributed by atoms with Crippen molar-refractivity contribution in [1.29, 1.82) is 0 Å². The highest BCUT2D eigenvalue weighted by Gasteiger charge is 2.30. The zero-order valence-electron chi connectivity index (χ0n) is 19.4. The van der Waals surface area contributed by atoms with Crippen LogP contribution >= 0.6 is 0 Å². The number of amides is 3. The summed E-state index contributed by atoms with van der Waals surface area (Å²) >= 11 is 0. The maximum Gasteiger partial charge on any atom is 0.317 e. The fourth-order valence-electron chi connectivity index (χ4n) is 4.27. The van der Waals surface area contributed by atoms with Gasteiger partial charge in [0.15, 0.2) is 0 Å². The molecule has 168 valence electrons. The lowest BCUT2D eigenvalue weighted by Crippen LogP contribution is -2.51. The largest absolute Gasteiger partial charge is 0.339 e. The fourth-order valence-corrected chi connectivity index (χ4v) is 4.27. The number of carbonyl (C=O) groups excluding carboxylic acids is 2. The third kappa shape index (κ3) is 7.78. The molecule has 0 saturated carbocycles. The lowest BCUT2D eigenvalue weighted by Gasteiger charge is -2.32. The molecule has 0 radical (unpaired) electrons. The zero-order chi connectivity index (χ0) is 21.7. The summed E-state index contributed by atoms with van der Waals surface area (Å²) in [5.74, 6) is 0.167. The van der Waals surface area contributed by atoms with E-state index >= 15 is 0 Å². The third-order valence-corrected chi connectivity index (χ3v) is 6.13. The molecule has 0 spiro atoms. The minimum Gasteiger partial charge on any atom is -0.339 e. The van der Waals surface area contributed by atoms with Crippen molar-refractivity contribution in [2.24, 2.45) is 0 Å². The number of hydrogen-bond acceptors (Lipinski definition) is 4. The molecule has 2 rings (SSSR count). The van der Waals surface area contributed by atoms with Crippen LogP contribution < -0.4 is 16.0 Å². The Balaban J connectivity index is 1.72. The van der Waals surface area contributed by atoms with Crippen molar-refractivity contribution in [3.8, 4) is 0 Å². The van der Waals surface area contributed by atoms with Crippen LogP contribution in [0.5, 0.6) is 0 Å². The van der Waals surface area contributed by atoms with Gasteiger partial charge in [0.05, 0.1) is 0 Å². The van der Waals surface area contributed by atoms with E-state index in [1.165, 1.54) is 0 Å². The Labute approximate surface area is 177 Å². The van der Waals surface area contributed by atoms with E-state index in [2.05, 4.69) is 50.6 Å². The van der Waals surface area contributed by atoms with Gasteiger partial charge in [-0.05, 0) is 66.7 Å². The Kier molecular flexibility index (Phi) is 8.35. The number of hydrogen-bond donors (Lipinski definition) is 3. The molecular formula is C22H43N5O2. The SMILES string of the molecule is CC(=O)N1CCC[C@H]1CNC(C)(C)CCNC(=O)N1CCCC1CNC(C)(C)C. The van der Waals surface area contributed by atoms with Crippen LogP contribution in [0.2, 0.25) is 0 Å². The minimum atomic E-state index is -0.0868. The van der Waals surface area contributed by atoms with Crippen molar-refractivity contribution in [3.63, 3.8) is 0 Å². The van der Waals surface area contributed by atoms with Crippen molar-refractivity contribution in [3.05, 3.63) is 0 Å². The minimum absolute atomic E-state index is 0.0533. The summed E-state index contributed by atoms with van der Waals surface area (Å²) in [6, 6.07) is 0.625. The first kappa shape index (κ1) is 23.9. The molecule has 3 amide bonds. The topological polar surface area (TPSA) is 76.7 Å². The Morgan fingerprint density at radius 2 is 1.45 bits per heavy atom. The second kappa shape index (κ2) is 10.1. The molecule has 0 bridgehead atoms. The summed E-state index contributed by atoms with van der Waals surface area (Å²) in [4.78, 5) is 28.4. The Morgan fingerprint density at radius 1 is 0.897 bits per heavy atom. The van der Waals surface area contributed by atoms with Crippen molar-refractivity contribution in [2.45, 2.75) is 96.8 Å². The molecule has 0 aromatic heterocycles. The Bertz CT molecular complexity index is 558. The average Bonchev–Trinajstić information content (AvgIpc) is 3.26. The van der Waals surface area contributed by atoms with Gasteiger partial charge >= 0.3 is 6.03 Å². The molecular weight excluding hydrogens is 366 g/mol. The van der Waals surface area contributed by atoms with Crippen molar-refractivity contribution in [1.82, 2.24) is 25.8 Å². The molecule has 2 aliphatic rings. The first-order valence-corrected chi connectivity index (χ1v) is 11.3. The monoisotopic (exact) mass is 409 g/mol. The predicted octanol–water partition coefficient (Wildman–Crippen LogP) is 2.32. The first-order chi connectivity index (χ1) is 13.5. The highest BCUT2D eigenvalue weighted by molar-refractivity contribution is 5.75. The molecule has 2 atom stereocenters. The summed E-state index contributed by atoms with van der Waals surface area (Å²) in [5, 5.41) is 10.2. The normalized spacial score (nSPS) is 23.0. The molecule has 1 unspecified atom stereocenters. The predicted molar refractivity (Wildman–Crippen MR) is 118 cm³/mol. The van der Waals surface area contributed by atoms with Crippen LogP contribution in [0, 0.1) is 0 Å². The van der Waals surface area contributed by atoms with Gasteiger partial charge in [-0.15, -0.1) is 0 Å². The van der Waals surface area contributed by atoms with Crippen LogP contribution in [0.3, 0.4) is 0 Å². The highest BCUT2D eigenvalue weighted by atomic mass is 16.2. The molecule has 3 N–H and O–H groups in total. The summed E-state index contributed by atoms with van der Waals surface area (Å²) < 4.78 is 0. The van der Waals surface area contributed by atoms with Gasteiger partial charge in [-0.3, -0.25) is 4.79 Å². The second-order valence-electron chi connectivity index (χ2n) is 10.4. The Morgan fingerprint density at radius 3 is 2.03 bits per heavy atom. The van der Waals surface area contributed by atoms with Crippen LogP contribution in [-0.4, -0.2) is 77.6 Å².